The highest BCUT2D eigenvalue weighted by Gasteiger charge is 2.38. The van der Waals surface area contributed by atoms with Crippen LogP contribution in [-0.4, -0.2) is 25.8 Å². The van der Waals surface area contributed by atoms with E-state index in [-0.39, 0.29) is 6.61 Å². The second kappa shape index (κ2) is 8.80. The highest BCUT2D eigenvalue weighted by atomic mass is 16.5. The molecule has 0 aromatic heterocycles. The molecule has 1 aromatic rings. The maximum Gasteiger partial charge on any atom is 0.333 e. The lowest BCUT2D eigenvalue weighted by Crippen LogP contribution is -2.50. The molecule has 1 rings (SSSR count). The first kappa shape index (κ1) is 17.7. The predicted octanol–water partition coefficient (Wildman–Crippen LogP) is 2.86. The van der Waals surface area contributed by atoms with Crippen LogP contribution in [0.4, 0.5) is 0 Å². The third-order valence-electron chi connectivity index (χ3n) is 3.44. The standard InChI is InChI=1S/C17H27NO3/c1-4-9-14(3)12-20-13-17(18,16(19)21-5-2)15-10-7-6-8-11-15/h6-8,10-11,14H,4-5,9,12-13,18H2,1-3H3. The molecule has 0 bridgehead atoms. The van der Waals surface area contributed by atoms with Crippen molar-refractivity contribution >= 4 is 5.97 Å². The predicted molar refractivity (Wildman–Crippen MR) is 83.8 cm³/mol. The SMILES string of the molecule is CCCC(C)COCC(N)(C(=O)OCC)c1ccccc1. The summed E-state index contributed by atoms with van der Waals surface area (Å²) in [6, 6.07) is 9.26. The lowest BCUT2D eigenvalue weighted by molar-refractivity contribution is -0.153. The summed E-state index contributed by atoms with van der Waals surface area (Å²) >= 11 is 0. The Morgan fingerprint density at radius 1 is 1.29 bits per heavy atom. The number of carbonyl (C=O) groups is 1. The smallest absolute Gasteiger partial charge is 0.333 e. The van der Waals surface area contributed by atoms with Crippen molar-refractivity contribution < 1.29 is 14.3 Å². The van der Waals surface area contributed by atoms with Gasteiger partial charge in [-0.2, -0.15) is 0 Å². The number of benzene rings is 1. The summed E-state index contributed by atoms with van der Waals surface area (Å²) in [5, 5.41) is 0. The van der Waals surface area contributed by atoms with Crippen molar-refractivity contribution in [2.45, 2.75) is 39.2 Å². The zero-order valence-electron chi connectivity index (χ0n) is 13.3. The van der Waals surface area contributed by atoms with Crippen LogP contribution in [0.1, 0.15) is 39.2 Å². The van der Waals surface area contributed by atoms with Crippen molar-refractivity contribution in [1.29, 1.82) is 0 Å². The van der Waals surface area contributed by atoms with E-state index in [1.54, 1.807) is 6.92 Å². The van der Waals surface area contributed by atoms with E-state index in [0.29, 0.717) is 24.7 Å². The molecular weight excluding hydrogens is 266 g/mol. The van der Waals surface area contributed by atoms with Crippen LogP contribution in [0, 0.1) is 5.92 Å². The van der Waals surface area contributed by atoms with Crippen LogP contribution in [0.5, 0.6) is 0 Å². The Morgan fingerprint density at radius 3 is 2.52 bits per heavy atom. The maximum atomic E-state index is 12.2. The summed E-state index contributed by atoms with van der Waals surface area (Å²) in [5.41, 5.74) is 5.78. The molecule has 0 aliphatic heterocycles. The zero-order chi connectivity index (χ0) is 15.7. The van der Waals surface area contributed by atoms with Crippen LogP contribution < -0.4 is 5.73 Å². The summed E-state index contributed by atoms with van der Waals surface area (Å²) < 4.78 is 10.8. The van der Waals surface area contributed by atoms with Gasteiger partial charge >= 0.3 is 5.97 Å². The Labute approximate surface area is 127 Å². The van der Waals surface area contributed by atoms with Gasteiger partial charge < -0.3 is 15.2 Å². The highest BCUT2D eigenvalue weighted by molar-refractivity contribution is 5.82. The van der Waals surface area contributed by atoms with Crippen molar-refractivity contribution in [3.05, 3.63) is 35.9 Å². The Balaban J connectivity index is 2.76. The number of hydrogen-bond donors (Lipinski definition) is 1. The van der Waals surface area contributed by atoms with E-state index in [2.05, 4.69) is 13.8 Å². The van der Waals surface area contributed by atoms with Gasteiger partial charge in [-0.25, -0.2) is 4.79 Å². The van der Waals surface area contributed by atoms with Crippen molar-refractivity contribution in [2.75, 3.05) is 19.8 Å². The normalized spacial score (nSPS) is 15.2. The Bertz CT molecular complexity index is 421. The van der Waals surface area contributed by atoms with Crippen LogP contribution in [0.3, 0.4) is 0 Å². The number of esters is 1. The molecule has 2 N–H and O–H groups in total. The second-order valence-corrected chi connectivity index (χ2v) is 5.47. The summed E-state index contributed by atoms with van der Waals surface area (Å²) in [7, 11) is 0. The molecule has 2 atom stereocenters. The van der Waals surface area contributed by atoms with Crippen molar-refractivity contribution in [3.63, 3.8) is 0 Å². The van der Waals surface area contributed by atoms with E-state index in [9.17, 15) is 4.79 Å². The van der Waals surface area contributed by atoms with Gasteiger partial charge in [0, 0.05) is 6.61 Å². The quantitative estimate of drug-likeness (QED) is 0.711. The van der Waals surface area contributed by atoms with Gasteiger partial charge in [-0.1, -0.05) is 50.6 Å². The minimum Gasteiger partial charge on any atom is -0.464 e. The Morgan fingerprint density at radius 2 is 1.95 bits per heavy atom. The average Bonchev–Trinajstić information content (AvgIpc) is 2.48. The molecule has 4 heteroatoms. The van der Waals surface area contributed by atoms with E-state index in [4.69, 9.17) is 15.2 Å². The zero-order valence-corrected chi connectivity index (χ0v) is 13.3. The number of hydrogen-bond acceptors (Lipinski definition) is 4. The molecule has 0 saturated heterocycles. The molecule has 21 heavy (non-hydrogen) atoms. The maximum absolute atomic E-state index is 12.2. The molecule has 0 saturated carbocycles. The van der Waals surface area contributed by atoms with Crippen LogP contribution >= 0.6 is 0 Å². The number of carbonyl (C=O) groups excluding carboxylic acids is 1. The fourth-order valence-corrected chi connectivity index (χ4v) is 2.25. The fourth-order valence-electron chi connectivity index (χ4n) is 2.25. The number of nitrogens with two attached hydrogens (primary N) is 1. The first-order chi connectivity index (χ1) is 10.0. The van der Waals surface area contributed by atoms with E-state index in [1.807, 2.05) is 30.3 Å². The summed E-state index contributed by atoms with van der Waals surface area (Å²) in [6.07, 6.45) is 2.22. The lowest BCUT2D eigenvalue weighted by atomic mass is 9.92. The summed E-state index contributed by atoms with van der Waals surface area (Å²) in [5.74, 6) is 0.0107. The van der Waals surface area contributed by atoms with Gasteiger partial charge in [0.25, 0.3) is 0 Å². The fraction of sp³-hybridized carbons (Fsp3) is 0.588. The van der Waals surface area contributed by atoms with Gasteiger partial charge in [0.15, 0.2) is 5.54 Å². The van der Waals surface area contributed by atoms with Gasteiger partial charge in [0.2, 0.25) is 0 Å². The van der Waals surface area contributed by atoms with Gasteiger partial charge in [-0.15, -0.1) is 0 Å². The molecule has 2 unspecified atom stereocenters. The third-order valence-corrected chi connectivity index (χ3v) is 3.44. The van der Waals surface area contributed by atoms with E-state index in [1.165, 1.54) is 0 Å². The molecule has 0 spiro atoms. The van der Waals surface area contributed by atoms with Crippen LogP contribution in [0.25, 0.3) is 0 Å². The molecule has 118 valence electrons. The van der Waals surface area contributed by atoms with Gasteiger partial charge in [0.1, 0.15) is 0 Å². The molecule has 0 aliphatic rings. The van der Waals surface area contributed by atoms with Crippen molar-refractivity contribution in [1.82, 2.24) is 0 Å². The monoisotopic (exact) mass is 293 g/mol. The Kier molecular flexibility index (Phi) is 7.40. The third kappa shape index (κ3) is 5.14. The van der Waals surface area contributed by atoms with E-state index in [0.717, 1.165) is 12.8 Å². The first-order valence-electron chi connectivity index (χ1n) is 7.64. The van der Waals surface area contributed by atoms with Gasteiger partial charge in [-0.3, -0.25) is 0 Å². The molecule has 4 nitrogen and oxygen atoms in total. The minimum absolute atomic E-state index is 0.129. The Hall–Kier alpha value is -1.39. The summed E-state index contributed by atoms with van der Waals surface area (Å²) in [6.45, 7) is 7.08. The van der Waals surface area contributed by atoms with E-state index >= 15 is 0 Å². The molecule has 0 radical (unpaired) electrons. The molecule has 0 heterocycles. The lowest BCUT2D eigenvalue weighted by Gasteiger charge is -2.28. The van der Waals surface area contributed by atoms with Crippen LogP contribution in [-0.2, 0) is 19.8 Å². The molecule has 0 fully saturated rings. The largest absolute Gasteiger partial charge is 0.464 e. The molecule has 1 aromatic carbocycles. The molecule has 0 amide bonds. The molecule has 0 aliphatic carbocycles. The number of ether oxygens (including phenoxy) is 2. The summed E-state index contributed by atoms with van der Waals surface area (Å²) in [4.78, 5) is 12.2. The van der Waals surface area contributed by atoms with Crippen molar-refractivity contribution in [2.24, 2.45) is 11.7 Å². The van der Waals surface area contributed by atoms with Crippen LogP contribution in [0.15, 0.2) is 30.3 Å². The topological polar surface area (TPSA) is 61.5 Å². The van der Waals surface area contributed by atoms with Crippen LogP contribution in [0.2, 0.25) is 0 Å². The van der Waals surface area contributed by atoms with Crippen molar-refractivity contribution in [3.8, 4) is 0 Å². The first-order valence-corrected chi connectivity index (χ1v) is 7.64. The average molecular weight is 293 g/mol. The van der Waals surface area contributed by atoms with Gasteiger partial charge in [-0.05, 0) is 24.8 Å². The molecular formula is C17H27NO3. The van der Waals surface area contributed by atoms with Gasteiger partial charge in [0.05, 0.1) is 13.2 Å². The second-order valence-electron chi connectivity index (χ2n) is 5.47. The highest BCUT2D eigenvalue weighted by Crippen LogP contribution is 2.21. The number of rotatable bonds is 9. The van der Waals surface area contributed by atoms with E-state index < -0.39 is 11.5 Å². The minimum atomic E-state index is -1.25.